The van der Waals surface area contributed by atoms with Crippen molar-refractivity contribution in [2.75, 3.05) is 0 Å². The van der Waals surface area contributed by atoms with Gasteiger partial charge in [-0.2, -0.15) is 0 Å². The van der Waals surface area contributed by atoms with E-state index in [0.717, 1.165) is 22.3 Å². The van der Waals surface area contributed by atoms with Crippen molar-refractivity contribution in [1.82, 2.24) is 9.97 Å². The first-order valence-corrected chi connectivity index (χ1v) is 6.37. The first-order chi connectivity index (χ1) is 10.2. The highest BCUT2D eigenvalue weighted by molar-refractivity contribution is 5.76. The number of nitrogens with zero attached hydrogens (tertiary/aromatic N) is 3. The SMILES string of the molecule is O=[N+]([O-])c1ccc(C=Cc2cnc3ccccc3n2)cc1. The van der Waals surface area contributed by atoms with Gasteiger partial charge < -0.3 is 0 Å². The summed E-state index contributed by atoms with van der Waals surface area (Å²) in [6.07, 6.45) is 5.38. The standard InChI is InChI=1S/C16H11N3O2/c20-19(21)14-9-6-12(7-10-14)5-8-13-11-17-15-3-1-2-4-16(15)18-13/h1-11H. The first kappa shape index (κ1) is 12.9. The molecule has 1 heterocycles. The first-order valence-electron chi connectivity index (χ1n) is 6.37. The molecule has 5 heteroatoms. The van der Waals surface area contributed by atoms with Gasteiger partial charge in [-0.3, -0.25) is 15.1 Å². The molecule has 0 atom stereocenters. The van der Waals surface area contributed by atoms with Crippen molar-refractivity contribution < 1.29 is 4.92 Å². The van der Waals surface area contributed by atoms with Crippen molar-refractivity contribution in [2.24, 2.45) is 0 Å². The number of aromatic nitrogens is 2. The number of nitro groups is 1. The molecule has 0 fully saturated rings. The molecule has 0 unspecified atom stereocenters. The number of fused-ring (bicyclic) bond motifs is 1. The Kier molecular flexibility index (Phi) is 3.39. The average Bonchev–Trinajstić information content (AvgIpc) is 2.53. The fourth-order valence-electron chi connectivity index (χ4n) is 1.94. The third-order valence-electron chi connectivity index (χ3n) is 3.02. The number of benzene rings is 2. The van der Waals surface area contributed by atoms with Crippen LogP contribution < -0.4 is 0 Å². The van der Waals surface area contributed by atoms with Gasteiger partial charge in [-0.1, -0.05) is 18.2 Å². The van der Waals surface area contributed by atoms with Crippen LogP contribution in [0.3, 0.4) is 0 Å². The maximum absolute atomic E-state index is 10.6. The molecule has 2 aromatic carbocycles. The van der Waals surface area contributed by atoms with E-state index < -0.39 is 4.92 Å². The summed E-state index contributed by atoms with van der Waals surface area (Å²) in [5.74, 6) is 0. The number of para-hydroxylation sites is 2. The van der Waals surface area contributed by atoms with Gasteiger partial charge in [0.05, 0.1) is 27.8 Å². The average molecular weight is 277 g/mol. The van der Waals surface area contributed by atoms with Crippen LogP contribution in [0, 0.1) is 10.1 Å². The van der Waals surface area contributed by atoms with Crippen molar-refractivity contribution in [3.63, 3.8) is 0 Å². The second-order valence-electron chi connectivity index (χ2n) is 4.47. The molecule has 3 aromatic rings. The number of non-ortho nitro benzene ring substituents is 1. The highest BCUT2D eigenvalue weighted by Gasteiger charge is 2.02. The molecular weight excluding hydrogens is 266 g/mol. The zero-order valence-electron chi connectivity index (χ0n) is 11.0. The van der Waals surface area contributed by atoms with Crippen LogP contribution in [0.2, 0.25) is 0 Å². The predicted octanol–water partition coefficient (Wildman–Crippen LogP) is 3.71. The van der Waals surface area contributed by atoms with Crippen molar-refractivity contribution in [1.29, 1.82) is 0 Å². The zero-order chi connectivity index (χ0) is 14.7. The van der Waals surface area contributed by atoms with Crippen molar-refractivity contribution in [3.05, 3.63) is 76.1 Å². The van der Waals surface area contributed by atoms with E-state index in [4.69, 9.17) is 0 Å². The van der Waals surface area contributed by atoms with E-state index in [2.05, 4.69) is 9.97 Å². The predicted molar refractivity (Wildman–Crippen MR) is 81.6 cm³/mol. The summed E-state index contributed by atoms with van der Waals surface area (Å²) in [4.78, 5) is 19.0. The molecule has 21 heavy (non-hydrogen) atoms. The Bertz CT molecular complexity index is 826. The summed E-state index contributed by atoms with van der Waals surface area (Å²) < 4.78 is 0. The van der Waals surface area contributed by atoms with Crippen LogP contribution in [0.4, 0.5) is 5.69 Å². The maximum atomic E-state index is 10.6. The molecule has 0 aliphatic heterocycles. The van der Waals surface area contributed by atoms with Gasteiger partial charge in [0.15, 0.2) is 0 Å². The number of rotatable bonds is 3. The molecule has 0 bridgehead atoms. The summed E-state index contributed by atoms with van der Waals surface area (Å²) in [5, 5.41) is 10.6. The molecule has 0 N–H and O–H groups in total. The van der Waals surface area contributed by atoms with Gasteiger partial charge >= 0.3 is 0 Å². The Morgan fingerprint density at radius 1 is 0.952 bits per heavy atom. The largest absolute Gasteiger partial charge is 0.269 e. The second kappa shape index (κ2) is 5.50. The molecule has 0 amide bonds. The Hall–Kier alpha value is -3.08. The minimum absolute atomic E-state index is 0.0812. The van der Waals surface area contributed by atoms with Crippen LogP contribution in [0.5, 0.6) is 0 Å². The Morgan fingerprint density at radius 3 is 2.38 bits per heavy atom. The molecule has 102 valence electrons. The van der Waals surface area contributed by atoms with E-state index >= 15 is 0 Å². The lowest BCUT2D eigenvalue weighted by atomic mass is 10.2. The maximum Gasteiger partial charge on any atom is 0.269 e. The minimum atomic E-state index is -0.414. The Morgan fingerprint density at radius 2 is 1.67 bits per heavy atom. The van der Waals surface area contributed by atoms with Crippen molar-refractivity contribution >= 4 is 28.9 Å². The monoisotopic (exact) mass is 277 g/mol. The fourth-order valence-corrected chi connectivity index (χ4v) is 1.94. The van der Waals surface area contributed by atoms with Crippen molar-refractivity contribution in [3.8, 4) is 0 Å². The van der Waals surface area contributed by atoms with E-state index in [1.54, 1.807) is 18.3 Å². The summed E-state index contributed by atoms with van der Waals surface area (Å²) >= 11 is 0. The molecule has 0 aliphatic carbocycles. The van der Waals surface area contributed by atoms with Crippen LogP contribution in [0.25, 0.3) is 23.2 Å². The van der Waals surface area contributed by atoms with Gasteiger partial charge in [-0.15, -0.1) is 0 Å². The highest BCUT2D eigenvalue weighted by Crippen LogP contribution is 2.14. The lowest BCUT2D eigenvalue weighted by Gasteiger charge is -1.98. The lowest BCUT2D eigenvalue weighted by molar-refractivity contribution is -0.384. The summed E-state index contributed by atoms with van der Waals surface area (Å²) in [7, 11) is 0. The number of hydrogen-bond donors (Lipinski definition) is 0. The van der Waals surface area contributed by atoms with Gasteiger partial charge in [0.25, 0.3) is 5.69 Å². The third kappa shape index (κ3) is 2.92. The van der Waals surface area contributed by atoms with E-state index in [1.165, 1.54) is 12.1 Å². The number of nitro benzene ring substituents is 1. The van der Waals surface area contributed by atoms with Crippen LogP contribution >= 0.6 is 0 Å². The van der Waals surface area contributed by atoms with Gasteiger partial charge in [-0.05, 0) is 35.9 Å². The molecule has 0 spiro atoms. The third-order valence-corrected chi connectivity index (χ3v) is 3.02. The summed E-state index contributed by atoms with van der Waals surface area (Å²) in [6, 6.07) is 14.0. The van der Waals surface area contributed by atoms with E-state index in [1.807, 2.05) is 36.4 Å². The molecule has 0 aliphatic rings. The van der Waals surface area contributed by atoms with Gasteiger partial charge in [-0.25, -0.2) is 4.98 Å². The van der Waals surface area contributed by atoms with Gasteiger partial charge in [0, 0.05) is 12.1 Å². The lowest BCUT2D eigenvalue weighted by Crippen LogP contribution is -1.87. The van der Waals surface area contributed by atoms with Crippen LogP contribution in [0.1, 0.15) is 11.3 Å². The van der Waals surface area contributed by atoms with E-state index in [0.29, 0.717) is 0 Å². The van der Waals surface area contributed by atoms with Crippen LogP contribution in [0.15, 0.2) is 54.7 Å². The smallest absolute Gasteiger partial charge is 0.258 e. The van der Waals surface area contributed by atoms with Crippen molar-refractivity contribution in [2.45, 2.75) is 0 Å². The van der Waals surface area contributed by atoms with E-state index in [-0.39, 0.29) is 5.69 Å². The number of hydrogen-bond acceptors (Lipinski definition) is 4. The summed E-state index contributed by atoms with van der Waals surface area (Å²) in [6.45, 7) is 0. The van der Waals surface area contributed by atoms with Gasteiger partial charge in [0.2, 0.25) is 0 Å². The molecular formula is C16H11N3O2. The molecule has 0 saturated carbocycles. The fraction of sp³-hybridized carbons (Fsp3) is 0. The topological polar surface area (TPSA) is 68.9 Å². The normalized spacial score (nSPS) is 11.0. The molecule has 0 saturated heterocycles. The zero-order valence-corrected chi connectivity index (χ0v) is 11.0. The summed E-state index contributed by atoms with van der Waals surface area (Å²) in [5.41, 5.74) is 3.38. The Balaban J connectivity index is 1.85. The quantitative estimate of drug-likeness (QED) is 0.540. The molecule has 0 radical (unpaired) electrons. The molecule has 1 aromatic heterocycles. The second-order valence-corrected chi connectivity index (χ2v) is 4.47. The minimum Gasteiger partial charge on any atom is -0.258 e. The van der Waals surface area contributed by atoms with Crippen LogP contribution in [-0.2, 0) is 0 Å². The molecule has 5 nitrogen and oxygen atoms in total. The van der Waals surface area contributed by atoms with E-state index in [9.17, 15) is 10.1 Å². The molecule has 3 rings (SSSR count). The van der Waals surface area contributed by atoms with Gasteiger partial charge in [0.1, 0.15) is 0 Å². The van der Waals surface area contributed by atoms with Crippen LogP contribution in [-0.4, -0.2) is 14.9 Å². The Labute approximate surface area is 120 Å². The highest BCUT2D eigenvalue weighted by atomic mass is 16.6.